The Bertz CT molecular complexity index is 817. The van der Waals surface area contributed by atoms with Crippen molar-refractivity contribution < 1.29 is 18.3 Å². The fourth-order valence-corrected chi connectivity index (χ4v) is 5.03. The molecule has 2 N–H and O–H groups in total. The molecule has 0 saturated carbocycles. The van der Waals surface area contributed by atoms with E-state index in [9.17, 15) is 13.2 Å². The molecule has 1 aromatic carbocycles. The van der Waals surface area contributed by atoms with Gasteiger partial charge in [0.25, 0.3) is 10.0 Å². The third-order valence-corrected chi connectivity index (χ3v) is 6.10. The molecule has 0 amide bonds. The Morgan fingerprint density at radius 3 is 2.57 bits per heavy atom. The first-order valence-electron chi connectivity index (χ1n) is 5.52. The lowest BCUT2D eigenvalue weighted by Crippen LogP contribution is -2.13. The number of hydrogen-bond acceptors (Lipinski definition) is 4. The molecule has 0 radical (unpaired) electrons. The summed E-state index contributed by atoms with van der Waals surface area (Å²) in [6, 6.07) is 5.77. The molecular weight excluding hydrogens is 402 g/mol. The van der Waals surface area contributed by atoms with Gasteiger partial charge >= 0.3 is 5.97 Å². The normalized spacial score (nSPS) is 11.4. The van der Waals surface area contributed by atoms with Crippen molar-refractivity contribution in [2.75, 3.05) is 4.72 Å². The van der Waals surface area contributed by atoms with Crippen LogP contribution in [0.4, 0.5) is 5.69 Å². The number of hydrogen-bond donors (Lipinski definition) is 2. The van der Waals surface area contributed by atoms with E-state index in [1.165, 1.54) is 6.07 Å². The lowest BCUT2D eigenvalue weighted by molar-refractivity contribution is 0.0702. The van der Waals surface area contributed by atoms with Crippen molar-refractivity contribution in [1.82, 2.24) is 0 Å². The third kappa shape index (κ3) is 3.57. The van der Waals surface area contributed by atoms with E-state index in [1.54, 1.807) is 19.1 Å². The van der Waals surface area contributed by atoms with Crippen molar-refractivity contribution in [3.8, 4) is 0 Å². The van der Waals surface area contributed by atoms with E-state index in [0.29, 0.717) is 20.1 Å². The number of nitrogens with one attached hydrogen (secondary N) is 1. The van der Waals surface area contributed by atoms with Gasteiger partial charge in [0, 0.05) is 14.4 Å². The largest absolute Gasteiger partial charge is 0.477 e. The first kappa shape index (κ1) is 16.3. The molecule has 21 heavy (non-hydrogen) atoms. The lowest BCUT2D eigenvalue weighted by Gasteiger charge is -2.09. The molecule has 0 atom stereocenters. The molecule has 5 nitrogen and oxygen atoms in total. The summed E-state index contributed by atoms with van der Waals surface area (Å²) in [5.74, 6) is -1.16. The predicted molar refractivity (Wildman–Crippen MR) is 86.0 cm³/mol. The molecule has 0 spiro atoms. The number of thiophene rings is 1. The molecule has 9 heteroatoms. The highest BCUT2D eigenvalue weighted by Crippen LogP contribution is 2.31. The van der Waals surface area contributed by atoms with Crippen LogP contribution >= 0.6 is 38.9 Å². The Labute approximate surface area is 138 Å². The van der Waals surface area contributed by atoms with Crippen LogP contribution in [0.1, 0.15) is 14.5 Å². The van der Waals surface area contributed by atoms with Crippen molar-refractivity contribution in [3.63, 3.8) is 0 Å². The minimum absolute atomic E-state index is 0.0250. The zero-order valence-corrected chi connectivity index (χ0v) is 14.5. The van der Waals surface area contributed by atoms with Crippen LogP contribution in [0.15, 0.2) is 33.6 Å². The SMILES string of the molecule is Cc1sc(C(=O)O)cc1S(=O)(=O)Nc1ccc(Cl)cc1Br. The Hall–Kier alpha value is -1.09. The molecule has 2 rings (SSSR count). The lowest BCUT2D eigenvalue weighted by atomic mass is 10.3. The van der Waals surface area contributed by atoms with Gasteiger partial charge in [0.1, 0.15) is 9.77 Å². The van der Waals surface area contributed by atoms with Crippen LogP contribution in [-0.2, 0) is 10.0 Å². The van der Waals surface area contributed by atoms with Gasteiger partial charge in [-0.3, -0.25) is 4.72 Å². The second kappa shape index (κ2) is 5.96. The number of benzene rings is 1. The molecular formula is C12H9BrClNO4S2. The molecule has 0 fully saturated rings. The summed E-state index contributed by atoms with van der Waals surface area (Å²) < 4.78 is 27.6. The molecule has 2 aromatic rings. The van der Waals surface area contributed by atoms with Crippen LogP contribution in [0.3, 0.4) is 0 Å². The minimum Gasteiger partial charge on any atom is -0.477 e. The molecule has 0 saturated heterocycles. The second-order valence-corrected chi connectivity index (χ2v) is 8.26. The summed E-state index contributed by atoms with van der Waals surface area (Å²) in [5, 5.41) is 9.39. The van der Waals surface area contributed by atoms with Gasteiger partial charge in [-0.15, -0.1) is 11.3 Å². The Kier molecular flexibility index (Phi) is 4.62. The van der Waals surface area contributed by atoms with Gasteiger partial charge in [0.05, 0.1) is 5.69 Å². The summed E-state index contributed by atoms with van der Waals surface area (Å²) in [7, 11) is -3.87. The zero-order chi connectivity index (χ0) is 15.8. The van der Waals surface area contributed by atoms with Gasteiger partial charge < -0.3 is 5.11 Å². The highest BCUT2D eigenvalue weighted by Gasteiger charge is 2.23. The van der Waals surface area contributed by atoms with Crippen molar-refractivity contribution >= 4 is 60.5 Å². The fourth-order valence-electron chi connectivity index (χ4n) is 1.61. The van der Waals surface area contributed by atoms with Gasteiger partial charge in [-0.2, -0.15) is 0 Å². The number of rotatable bonds is 4. The van der Waals surface area contributed by atoms with Crippen molar-refractivity contribution in [1.29, 1.82) is 0 Å². The Morgan fingerprint density at radius 2 is 2.05 bits per heavy atom. The summed E-state index contributed by atoms with van der Waals surface area (Å²) in [6.07, 6.45) is 0. The fraction of sp³-hybridized carbons (Fsp3) is 0.0833. The number of sulfonamides is 1. The molecule has 0 unspecified atom stereocenters. The molecule has 112 valence electrons. The maximum absolute atomic E-state index is 12.3. The van der Waals surface area contributed by atoms with E-state index in [4.69, 9.17) is 16.7 Å². The van der Waals surface area contributed by atoms with E-state index in [1.807, 2.05) is 0 Å². The monoisotopic (exact) mass is 409 g/mol. The van der Waals surface area contributed by atoms with Crippen molar-refractivity contribution in [2.45, 2.75) is 11.8 Å². The molecule has 0 bridgehead atoms. The first-order chi connectivity index (χ1) is 9.70. The van der Waals surface area contributed by atoms with E-state index >= 15 is 0 Å². The van der Waals surface area contributed by atoms with Crippen LogP contribution in [0.2, 0.25) is 5.02 Å². The molecule has 0 aliphatic carbocycles. The molecule has 0 aliphatic heterocycles. The topological polar surface area (TPSA) is 83.5 Å². The van der Waals surface area contributed by atoms with Gasteiger partial charge in [0.15, 0.2) is 0 Å². The number of aromatic carboxylic acids is 1. The Balaban J connectivity index is 2.41. The molecule has 0 aliphatic rings. The van der Waals surface area contributed by atoms with Gasteiger partial charge in [-0.25, -0.2) is 13.2 Å². The van der Waals surface area contributed by atoms with Crippen LogP contribution in [0, 0.1) is 6.92 Å². The van der Waals surface area contributed by atoms with E-state index in [-0.39, 0.29) is 9.77 Å². The molecule has 1 aromatic heterocycles. The van der Waals surface area contributed by atoms with E-state index in [2.05, 4.69) is 20.7 Å². The minimum atomic E-state index is -3.87. The number of carboxylic acid groups (broad SMARTS) is 1. The first-order valence-corrected chi connectivity index (χ1v) is 8.99. The summed E-state index contributed by atoms with van der Waals surface area (Å²) in [6.45, 7) is 1.56. The average Bonchev–Trinajstić information content (AvgIpc) is 2.76. The number of anilines is 1. The standard InChI is InChI=1S/C12H9BrClNO4S2/c1-6-11(5-10(20-6)12(16)17)21(18,19)15-9-3-2-7(14)4-8(9)13/h2-5,15H,1H3,(H,16,17). The summed E-state index contributed by atoms with van der Waals surface area (Å²) in [4.78, 5) is 11.2. The Morgan fingerprint density at radius 1 is 1.38 bits per heavy atom. The average molecular weight is 411 g/mol. The van der Waals surface area contributed by atoms with Gasteiger partial charge in [-0.05, 0) is 47.1 Å². The second-order valence-electron chi connectivity index (χ2n) is 4.07. The highest BCUT2D eigenvalue weighted by molar-refractivity contribution is 9.10. The maximum Gasteiger partial charge on any atom is 0.345 e. The van der Waals surface area contributed by atoms with Crippen LogP contribution in [-0.4, -0.2) is 19.5 Å². The summed E-state index contributed by atoms with van der Waals surface area (Å²) >= 11 is 9.93. The number of aryl methyl sites for hydroxylation is 1. The number of carbonyl (C=O) groups is 1. The third-order valence-electron chi connectivity index (χ3n) is 2.55. The maximum atomic E-state index is 12.3. The van der Waals surface area contributed by atoms with Crippen LogP contribution in [0.25, 0.3) is 0 Å². The van der Waals surface area contributed by atoms with Crippen LogP contribution < -0.4 is 4.72 Å². The predicted octanol–water partition coefficient (Wildman–Crippen LogP) is 3.97. The zero-order valence-electron chi connectivity index (χ0n) is 10.6. The van der Waals surface area contributed by atoms with Crippen molar-refractivity contribution in [2.24, 2.45) is 0 Å². The van der Waals surface area contributed by atoms with Crippen LogP contribution in [0.5, 0.6) is 0 Å². The quantitative estimate of drug-likeness (QED) is 0.799. The highest BCUT2D eigenvalue weighted by atomic mass is 79.9. The van der Waals surface area contributed by atoms with Gasteiger partial charge in [0.2, 0.25) is 0 Å². The van der Waals surface area contributed by atoms with E-state index < -0.39 is 16.0 Å². The van der Waals surface area contributed by atoms with E-state index in [0.717, 1.165) is 17.4 Å². The summed E-state index contributed by atoms with van der Waals surface area (Å²) in [5.41, 5.74) is 0.321. The number of halogens is 2. The molecule has 1 heterocycles. The smallest absolute Gasteiger partial charge is 0.345 e. The number of carboxylic acids is 1. The van der Waals surface area contributed by atoms with Crippen molar-refractivity contribution in [3.05, 3.63) is 43.5 Å². The van der Waals surface area contributed by atoms with Gasteiger partial charge in [-0.1, -0.05) is 11.6 Å².